The van der Waals surface area contributed by atoms with E-state index in [9.17, 15) is 18.3 Å². The van der Waals surface area contributed by atoms with E-state index in [4.69, 9.17) is 4.74 Å². The lowest BCUT2D eigenvalue weighted by Gasteiger charge is -2.46. The highest BCUT2D eigenvalue weighted by Crippen LogP contribution is 2.37. The molecule has 0 spiro atoms. The first-order valence-electron chi connectivity index (χ1n) is 9.49. The van der Waals surface area contributed by atoms with Crippen LogP contribution in [0.1, 0.15) is 23.1 Å². The Hall–Kier alpha value is -2.19. The first kappa shape index (κ1) is 19.1. The molecule has 0 radical (unpaired) electrons. The quantitative estimate of drug-likeness (QED) is 0.719. The molecule has 0 aromatic heterocycles. The van der Waals surface area contributed by atoms with Gasteiger partial charge in [-0.25, -0.2) is 0 Å². The number of hydrogen-bond donors (Lipinski definition) is 3. The van der Waals surface area contributed by atoms with E-state index in [1.165, 1.54) is 0 Å². The summed E-state index contributed by atoms with van der Waals surface area (Å²) < 4.78 is 44.7. The number of nitrogens with one attached hydrogen (secondary N) is 2. The van der Waals surface area contributed by atoms with Crippen LogP contribution in [-0.4, -0.2) is 54.9 Å². The number of aromatic hydroxyl groups is 1. The number of morpholine rings is 1. The number of alkyl halides is 3. The van der Waals surface area contributed by atoms with Crippen molar-refractivity contribution in [1.82, 2.24) is 15.5 Å². The highest BCUT2D eigenvalue weighted by molar-refractivity contribution is 5.76. The summed E-state index contributed by atoms with van der Waals surface area (Å²) in [4.78, 5) is 2.30. The second-order valence-electron chi connectivity index (χ2n) is 7.45. The number of halogens is 3. The monoisotopic (exact) mass is 395 g/mol. The standard InChI is InChI=1S/C20H24F3N3O2/c1-12-8-14(20(21,22)23)9-16(27)19(12)13-2-3-18(25-10-13)26-6-7-28-17-4-5-24-11-15(17)26/h2-3,8-9,15,17,24-25,27H,4-7,10-11H2,1H3. The van der Waals surface area contributed by atoms with E-state index in [-0.39, 0.29) is 17.9 Å². The number of piperidine rings is 1. The fourth-order valence-electron chi connectivity index (χ4n) is 4.29. The van der Waals surface area contributed by atoms with E-state index < -0.39 is 11.7 Å². The summed E-state index contributed by atoms with van der Waals surface area (Å²) in [6, 6.07) is 2.13. The third kappa shape index (κ3) is 3.58. The summed E-state index contributed by atoms with van der Waals surface area (Å²) in [5.41, 5.74) is 0.783. The Balaban J connectivity index is 1.59. The number of benzene rings is 1. The van der Waals surface area contributed by atoms with E-state index in [1.807, 2.05) is 12.2 Å². The van der Waals surface area contributed by atoms with E-state index in [2.05, 4.69) is 15.5 Å². The van der Waals surface area contributed by atoms with Gasteiger partial charge in [0.15, 0.2) is 0 Å². The van der Waals surface area contributed by atoms with Crippen LogP contribution < -0.4 is 10.6 Å². The average Bonchev–Trinajstić information content (AvgIpc) is 2.67. The predicted molar refractivity (Wildman–Crippen MR) is 99.6 cm³/mol. The number of dihydropyridines is 1. The molecule has 3 aliphatic heterocycles. The highest BCUT2D eigenvalue weighted by Gasteiger charge is 2.36. The van der Waals surface area contributed by atoms with Crippen LogP contribution in [0.4, 0.5) is 13.2 Å². The topological polar surface area (TPSA) is 56.8 Å². The zero-order chi connectivity index (χ0) is 19.9. The van der Waals surface area contributed by atoms with Crippen LogP contribution in [0, 0.1) is 6.92 Å². The smallest absolute Gasteiger partial charge is 0.416 e. The maximum absolute atomic E-state index is 12.9. The van der Waals surface area contributed by atoms with E-state index in [1.54, 1.807) is 6.92 Å². The number of phenols is 1. The molecule has 28 heavy (non-hydrogen) atoms. The molecule has 5 nitrogen and oxygen atoms in total. The number of aryl methyl sites for hydroxylation is 1. The van der Waals surface area contributed by atoms with Crippen molar-refractivity contribution in [2.75, 3.05) is 32.8 Å². The maximum Gasteiger partial charge on any atom is 0.416 e. The van der Waals surface area contributed by atoms with Crippen molar-refractivity contribution in [3.8, 4) is 5.75 Å². The van der Waals surface area contributed by atoms with E-state index in [0.29, 0.717) is 24.3 Å². The van der Waals surface area contributed by atoms with Gasteiger partial charge in [0.05, 0.1) is 24.3 Å². The molecular weight excluding hydrogens is 371 g/mol. The van der Waals surface area contributed by atoms with Crippen molar-refractivity contribution in [3.05, 3.63) is 46.8 Å². The Bertz CT molecular complexity index is 794. The van der Waals surface area contributed by atoms with Crippen molar-refractivity contribution in [2.45, 2.75) is 31.7 Å². The molecule has 0 aliphatic carbocycles. The van der Waals surface area contributed by atoms with Crippen LogP contribution in [0.25, 0.3) is 5.57 Å². The molecule has 0 saturated carbocycles. The van der Waals surface area contributed by atoms with Crippen LogP contribution in [0.3, 0.4) is 0 Å². The third-order valence-corrected chi connectivity index (χ3v) is 5.63. The largest absolute Gasteiger partial charge is 0.507 e. The fourth-order valence-corrected chi connectivity index (χ4v) is 4.29. The molecule has 0 bridgehead atoms. The van der Waals surface area contributed by atoms with E-state index >= 15 is 0 Å². The molecule has 2 atom stereocenters. The summed E-state index contributed by atoms with van der Waals surface area (Å²) in [6.45, 7) is 5.31. The van der Waals surface area contributed by atoms with Gasteiger partial charge in [0.2, 0.25) is 0 Å². The van der Waals surface area contributed by atoms with Crippen molar-refractivity contribution in [2.24, 2.45) is 0 Å². The van der Waals surface area contributed by atoms with Crippen LogP contribution >= 0.6 is 0 Å². The fraction of sp³-hybridized carbons (Fsp3) is 0.500. The summed E-state index contributed by atoms with van der Waals surface area (Å²) >= 11 is 0. The summed E-state index contributed by atoms with van der Waals surface area (Å²) in [6.07, 6.45) is 0.528. The number of ether oxygens (including phenoxy) is 1. The van der Waals surface area contributed by atoms with Gasteiger partial charge < -0.3 is 25.4 Å². The summed E-state index contributed by atoms with van der Waals surface area (Å²) in [5.74, 6) is 0.634. The number of rotatable bonds is 2. The molecule has 152 valence electrons. The minimum absolute atomic E-state index is 0.212. The number of nitrogens with zero attached hydrogens (tertiary/aromatic N) is 1. The lowest BCUT2D eigenvalue weighted by Crippen LogP contribution is -2.60. The molecule has 4 rings (SSSR count). The first-order valence-corrected chi connectivity index (χ1v) is 9.49. The number of fused-ring (bicyclic) bond motifs is 1. The number of phenolic OH excluding ortho intramolecular Hbond substituents is 1. The van der Waals surface area contributed by atoms with Crippen LogP contribution in [-0.2, 0) is 10.9 Å². The second-order valence-corrected chi connectivity index (χ2v) is 7.45. The molecule has 1 aromatic carbocycles. The molecule has 1 aromatic rings. The third-order valence-electron chi connectivity index (χ3n) is 5.63. The van der Waals surface area contributed by atoms with Gasteiger partial charge in [0.1, 0.15) is 11.6 Å². The normalized spacial score (nSPS) is 25.5. The Labute approximate surface area is 161 Å². The molecule has 3 aliphatic rings. The molecule has 8 heteroatoms. The summed E-state index contributed by atoms with van der Waals surface area (Å²) in [7, 11) is 0. The molecule has 2 fully saturated rings. The zero-order valence-corrected chi connectivity index (χ0v) is 15.6. The van der Waals surface area contributed by atoms with Gasteiger partial charge in [-0.15, -0.1) is 0 Å². The number of allylic oxidation sites excluding steroid dienone is 2. The van der Waals surface area contributed by atoms with Crippen LogP contribution in [0.5, 0.6) is 5.75 Å². The van der Waals surface area contributed by atoms with Crippen molar-refractivity contribution in [3.63, 3.8) is 0 Å². The van der Waals surface area contributed by atoms with Gasteiger partial charge >= 0.3 is 6.18 Å². The lowest BCUT2D eigenvalue weighted by atomic mass is 9.95. The molecule has 2 saturated heterocycles. The first-order chi connectivity index (χ1) is 13.3. The summed E-state index contributed by atoms with van der Waals surface area (Å²) in [5, 5.41) is 17.0. The molecule has 0 amide bonds. The van der Waals surface area contributed by atoms with Crippen molar-refractivity contribution in [1.29, 1.82) is 0 Å². The molecule has 3 N–H and O–H groups in total. The van der Waals surface area contributed by atoms with E-state index in [0.717, 1.165) is 49.6 Å². The van der Waals surface area contributed by atoms with Gasteiger partial charge in [-0.1, -0.05) is 6.08 Å². The van der Waals surface area contributed by atoms with Gasteiger partial charge in [0, 0.05) is 25.2 Å². The van der Waals surface area contributed by atoms with Crippen molar-refractivity contribution >= 4 is 5.57 Å². The highest BCUT2D eigenvalue weighted by atomic mass is 19.4. The predicted octanol–water partition coefficient (Wildman–Crippen LogP) is 2.61. The maximum atomic E-state index is 12.9. The Morgan fingerprint density at radius 3 is 2.75 bits per heavy atom. The van der Waals surface area contributed by atoms with Crippen molar-refractivity contribution < 1.29 is 23.0 Å². The molecule has 2 unspecified atom stereocenters. The van der Waals surface area contributed by atoms with Gasteiger partial charge in [-0.2, -0.15) is 13.2 Å². The number of hydrogen-bond acceptors (Lipinski definition) is 5. The van der Waals surface area contributed by atoms with Crippen LogP contribution in [0.15, 0.2) is 30.1 Å². The minimum atomic E-state index is -4.48. The Morgan fingerprint density at radius 2 is 2.07 bits per heavy atom. The Kier molecular flexibility index (Phi) is 5.01. The Morgan fingerprint density at radius 1 is 1.25 bits per heavy atom. The van der Waals surface area contributed by atoms with Gasteiger partial charge in [-0.3, -0.25) is 0 Å². The lowest BCUT2D eigenvalue weighted by molar-refractivity contribution is -0.137. The zero-order valence-electron chi connectivity index (χ0n) is 15.6. The van der Waals surface area contributed by atoms with Gasteiger partial charge in [0.25, 0.3) is 0 Å². The minimum Gasteiger partial charge on any atom is -0.507 e. The molecular formula is C20H24F3N3O2. The SMILES string of the molecule is Cc1cc(C(F)(F)F)cc(O)c1C1=CC=C(N2CCOC3CCNCC32)NC1. The van der Waals surface area contributed by atoms with Crippen LogP contribution in [0.2, 0.25) is 0 Å². The average molecular weight is 395 g/mol. The second kappa shape index (κ2) is 7.33. The van der Waals surface area contributed by atoms with Gasteiger partial charge in [-0.05, 0) is 49.2 Å². The molecule has 3 heterocycles.